The number of carbonyl (C=O) groups excluding carboxylic acids is 2. The van der Waals surface area contributed by atoms with Crippen molar-refractivity contribution in [3.05, 3.63) is 0 Å². The predicted octanol–water partition coefficient (Wildman–Crippen LogP) is 1.68. The van der Waals surface area contributed by atoms with Crippen LogP contribution in [0.25, 0.3) is 0 Å². The van der Waals surface area contributed by atoms with Crippen LogP contribution in [0.5, 0.6) is 0 Å². The summed E-state index contributed by atoms with van der Waals surface area (Å²) in [6.07, 6.45) is 1.41. The van der Waals surface area contributed by atoms with Crippen LogP contribution in [0, 0.1) is 17.8 Å². The maximum absolute atomic E-state index is 11.9. The Bertz CT molecular complexity index is 262. The first-order chi connectivity index (χ1) is 7.73. The van der Waals surface area contributed by atoms with Crippen LogP contribution in [-0.4, -0.2) is 17.9 Å². The van der Waals surface area contributed by atoms with Crippen molar-refractivity contribution >= 4 is 11.8 Å². The molecule has 0 aromatic carbocycles. The van der Waals surface area contributed by atoms with E-state index in [9.17, 15) is 9.59 Å². The topological polar surface area (TPSA) is 72.2 Å². The number of primary amides is 1. The first-order valence-corrected chi connectivity index (χ1v) is 6.33. The van der Waals surface area contributed by atoms with Gasteiger partial charge in [-0.2, -0.15) is 0 Å². The highest BCUT2D eigenvalue weighted by molar-refractivity contribution is 5.87. The molecule has 2 amide bonds. The molecule has 0 aliphatic carbocycles. The van der Waals surface area contributed by atoms with Gasteiger partial charge in [-0.15, -0.1) is 0 Å². The van der Waals surface area contributed by atoms with Crippen LogP contribution in [0.3, 0.4) is 0 Å². The van der Waals surface area contributed by atoms with E-state index in [1.807, 2.05) is 20.8 Å². The fourth-order valence-corrected chi connectivity index (χ4v) is 1.85. The minimum atomic E-state index is -0.544. The third kappa shape index (κ3) is 6.97. The standard InChI is InChI=1S/C13H26N2O2/c1-8(2)6-10(5)13(17)15-11(12(14)16)7-9(3)4/h8-11H,6-7H2,1-5H3,(H2,14,16)(H,15,17). The molecule has 0 aromatic heterocycles. The lowest BCUT2D eigenvalue weighted by Crippen LogP contribution is -2.47. The average Bonchev–Trinajstić information content (AvgIpc) is 2.14. The summed E-state index contributed by atoms with van der Waals surface area (Å²) in [5.74, 6) is 0.178. The molecule has 4 heteroatoms. The number of amides is 2. The van der Waals surface area contributed by atoms with Gasteiger partial charge in [0, 0.05) is 5.92 Å². The zero-order valence-electron chi connectivity index (χ0n) is 11.6. The number of nitrogens with two attached hydrogens (primary N) is 1. The monoisotopic (exact) mass is 242 g/mol. The quantitative estimate of drug-likeness (QED) is 0.713. The fraction of sp³-hybridized carbons (Fsp3) is 0.846. The van der Waals surface area contributed by atoms with Crippen LogP contribution in [0.4, 0.5) is 0 Å². The summed E-state index contributed by atoms with van der Waals surface area (Å²) in [6.45, 7) is 10.0. The third-order valence-corrected chi connectivity index (χ3v) is 2.64. The zero-order chi connectivity index (χ0) is 13.6. The molecule has 0 fully saturated rings. The Morgan fingerprint density at radius 3 is 1.82 bits per heavy atom. The molecule has 0 aromatic rings. The van der Waals surface area contributed by atoms with E-state index in [1.165, 1.54) is 0 Å². The summed E-state index contributed by atoms with van der Waals surface area (Å²) >= 11 is 0. The molecule has 2 unspecified atom stereocenters. The number of rotatable bonds is 7. The first-order valence-electron chi connectivity index (χ1n) is 6.33. The highest BCUT2D eigenvalue weighted by atomic mass is 16.2. The molecule has 0 saturated heterocycles. The van der Waals surface area contributed by atoms with Gasteiger partial charge in [-0.3, -0.25) is 9.59 Å². The van der Waals surface area contributed by atoms with Crippen molar-refractivity contribution in [3.63, 3.8) is 0 Å². The van der Waals surface area contributed by atoms with Crippen molar-refractivity contribution in [2.45, 2.75) is 53.5 Å². The van der Waals surface area contributed by atoms with Crippen LogP contribution in [0.2, 0.25) is 0 Å². The lowest BCUT2D eigenvalue weighted by atomic mass is 9.97. The van der Waals surface area contributed by atoms with Crippen LogP contribution in [0.1, 0.15) is 47.5 Å². The average molecular weight is 242 g/mol. The smallest absolute Gasteiger partial charge is 0.240 e. The van der Waals surface area contributed by atoms with Gasteiger partial charge in [-0.25, -0.2) is 0 Å². The van der Waals surface area contributed by atoms with E-state index in [0.29, 0.717) is 18.3 Å². The van der Waals surface area contributed by atoms with Crippen LogP contribution < -0.4 is 11.1 Å². The maximum Gasteiger partial charge on any atom is 0.240 e. The highest BCUT2D eigenvalue weighted by Crippen LogP contribution is 2.12. The van der Waals surface area contributed by atoms with Gasteiger partial charge in [0.25, 0.3) is 0 Å². The summed E-state index contributed by atoms with van der Waals surface area (Å²) in [6, 6.07) is -0.544. The number of carbonyl (C=O) groups is 2. The molecule has 4 nitrogen and oxygen atoms in total. The Morgan fingerprint density at radius 2 is 1.47 bits per heavy atom. The van der Waals surface area contributed by atoms with Crippen molar-refractivity contribution in [2.75, 3.05) is 0 Å². The number of hydrogen-bond donors (Lipinski definition) is 2. The van der Waals surface area contributed by atoms with E-state index in [1.54, 1.807) is 0 Å². The van der Waals surface area contributed by atoms with Gasteiger partial charge in [-0.05, 0) is 24.7 Å². The van der Waals surface area contributed by atoms with Crippen LogP contribution >= 0.6 is 0 Å². The lowest BCUT2D eigenvalue weighted by molar-refractivity contribution is -0.130. The molecule has 100 valence electrons. The van der Waals surface area contributed by atoms with Gasteiger partial charge in [-0.1, -0.05) is 34.6 Å². The summed E-state index contributed by atoms with van der Waals surface area (Å²) in [5.41, 5.74) is 5.28. The number of hydrogen-bond acceptors (Lipinski definition) is 2. The summed E-state index contributed by atoms with van der Waals surface area (Å²) < 4.78 is 0. The van der Waals surface area contributed by atoms with Crippen molar-refractivity contribution in [1.82, 2.24) is 5.32 Å². The molecule has 0 saturated carbocycles. The molecular formula is C13H26N2O2. The molecular weight excluding hydrogens is 216 g/mol. The lowest BCUT2D eigenvalue weighted by Gasteiger charge is -2.20. The molecule has 0 rings (SSSR count). The molecule has 0 aliphatic heterocycles. The Morgan fingerprint density at radius 1 is 1.00 bits per heavy atom. The van der Waals surface area contributed by atoms with E-state index < -0.39 is 11.9 Å². The Balaban J connectivity index is 4.35. The normalized spacial score (nSPS) is 14.8. The molecule has 0 aliphatic rings. The second-order valence-electron chi connectivity index (χ2n) is 5.62. The van der Waals surface area contributed by atoms with Crippen molar-refractivity contribution < 1.29 is 9.59 Å². The highest BCUT2D eigenvalue weighted by Gasteiger charge is 2.22. The minimum Gasteiger partial charge on any atom is -0.368 e. The molecule has 0 spiro atoms. The molecule has 0 radical (unpaired) electrons. The van der Waals surface area contributed by atoms with Gasteiger partial charge < -0.3 is 11.1 Å². The van der Waals surface area contributed by atoms with E-state index in [0.717, 1.165) is 6.42 Å². The fourth-order valence-electron chi connectivity index (χ4n) is 1.85. The second-order valence-corrected chi connectivity index (χ2v) is 5.62. The van der Waals surface area contributed by atoms with Crippen molar-refractivity contribution in [3.8, 4) is 0 Å². The van der Waals surface area contributed by atoms with Gasteiger partial charge in [0.2, 0.25) is 11.8 Å². The zero-order valence-corrected chi connectivity index (χ0v) is 11.6. The maximum atomic E-state index is 11.9. The van der Waals surface area contributed by atoms with Gasteiger partial charge >= 0.3 is 0 Å². The van der Waals surface area contributed by atoms with Gasteiger partial charge in [0.15, 0.2) is 0 Å². The Kier molecular flexibility index (Phi) is 6.85. The van der Waals surface area contributed by atoms with Crippen LogP contribution in [0.15, 0.2) is 0 Å². The van der Waals surface area contributed by atoms with E-state index in [2.05, 4.69) is 19.2 Å². The van der Waals surface area contributed by atoms with E-state index >= 15 is 0 Å². The second kappa shape index (κ2) is 7.30. The van der Waals surface area contributed by atoms with Crippen molar-refractivity contribution in [1.29, 1.82) is 0 Å². The molecule has 0 bridgehead atoms. The Hall–Kier alpha value is -1.06. The number of nitrogens with one attached hydrogen (secondary N) is 1. The molecule has 3 N–H and O–H groups in total. The van der Waals surface area contributed by atoms with Gasteiger partial charge in [0.05, 0.1) is 0 Å². The van der Waals surface area contributed by atoms with E-state index in [-0.39, 0.29) is 11.8 Å². The molecule has 17 heavy (non-hydrogen) atoms. The summed E-state index contributed by atoms with van der Waals surface area (Å²) in [7, 11) is 0. The Labute approximate surface area is 104 Å². The molecule has 0 heterocycles. The largest absolute Gasteiger partial charge is 0.368 e. The third-order valence-electron chi connectivity index (χ3n) is 2.64. The first kappa shape index (κ1) is 15.9. The summed E-state index contributed by atoms with van der Waals surface area (Å²) in [4.78, 5) is 23.1. The molecule has 2 atom stereocenters. The minimum absolute atomic E-state index is 0.0796. The predicted molar refractivity (Wildman–Crippen MR) is 69.2 cm³/mol. The SMILES string of the molecule is CC(C)CC(C)C(=O)NC(CC(C)C)C(N)=O. The summed E-state index contributed by atoms with van der Waals surface area (Å²) in [5, 5.41) is 2.74. The van der Waals surface area contributed by atoms with Crippen LogP contribution in [-0.2, 0) is 9.59 Å². The van der Waals surface area contributed by atoms with Crippen molar-refractivity contribution in [2.24, 2.45) is 23.5 Å². The van der Waals surface area contributed by atoms with Gasteiger partial charge in [0.1, 0.15) is 6.04 Å². The van der Waals surface area contributed by atoms with E-state index in [4.69, 9.17) is 5.73 Å².